The predicted octanol–water partition coefficient (Wildman–Crippen LogP) is 3.21. The van der Waals surface area contributed by atoms with Crippen LogP contribution < -0.4 is 0 Å². The van der Waals surface area contributed by atoms with Gasteiger partial charge in [-0.3, -0.25) is 14.5 Å². The molecule has 0 spiro atoms. The fourth-order valence-electron chi connectivity index (χ4n) is 5.01. The van der Waals surface area contributed by atoms with Crippen LogP contribution >= 0.6 is 0 Å². The van der Waals surface area contributed by atoms with E-state index in [0.29, 0.717) is 12.6 Å². The minimum absolute atomic E-state index is 0.632. The number of aromatic nitrogens is 3. The lowest BCUT2D eigenvalue weighted by molar-refractivity contribution is 0.0939. The summed E-state index contributed by atoms with van der Waals surface area (Å²) in [6, 6.07) is 11.4. The number of piperidine rings is 1. The monoisotopic (exact) mass is 421 g/mol. The molecular weight excluding hydrogens is 390 g/mol. The Labute approximate surface area is 183 Å². The summed E-state index contributed by atoms with van der Waals surface area (Å²) in [5.74, 6) is 0. The summed E-state index contributed by atoms with van der Waals surface area (Å²) >= 11 is 0. The van der Waals surface area contributed by atoms with Crippen LogP contribution in [0.1, 0.15) is 29.7 Å². The second-order valence-corrected chi connectivity index (χ2v) is 8.58. The van der Waals surface area contributed by atoms with Gasteiger partial charge in [-0.25, -0.2) is 4.98 Å². The Hall–Kier alpha value is -2.48. The predicted molar refractivity (Wildman–Crippen MR) is 118 cm³/mol. The second-order valence-electron chi connectivity index (χ2n) is 8.58. The van der Waals surface area contributed by atoms with Crippen molar-refractivity contribution in [2.24, 2.45) is 0 Å². The summed E-state index contributed by atoms with van der Waals surface area (Å²) in [5.41, 5.74) is 5.83. The number of ether oxygens (including phenoxy) is 1. The first-order chi connectivity index (χ1) is 15.3. The van der Waals surface area contributed by atoms with Gasteiger partial charge in [-0.1, -0.05) is 30.3 Å². The van der Waals surface area contributed by atoms with Crippen molar-refractivity contribution < 1.29 is 9.15 Å². The highest BCUT2D eigenvalue weighted by molar-refractivity contribution is 5.59. The first-order valence-corrected chi connectivity index (χ1v) is 11.3. The third-order valence-electron chi connectivity index (χ3n) is 6.67. The number of methoxy groups -OCH3 is 1. The van der Waals surface area contributed by atoms with Gasteiger partial charge in [0.15, 0.2) is 6.39 Å². The molecule has 4 heterocycles. The lowest BCUT2D eigenvalue weighted by Gasteiger charge is -2.40. The number of nitrogens with zero attached hydrogens (tertiary/aromatic N) is 5. The summed E-state index contributed by atoms with van der Waals surface area (Å²) in [7, 11) is 1.74. The van der Waals surface area contributed by atoms with Gasteiger partial charge in [0.05, 0.1) is 13.2 Å². The van der Waals surface area contributed by atoms with Gasteiger partial charge in [-0.05, 0) is 31.5 Å². The lowest BCUT2D eigenvalue weighted by Crippen LogP contribution is -2.46. The molecule has 0 saturated carbocycles. The van der Waals surface area contributed by atoms with E-state index in [1.165, 1.54) is 36.1 Å². The maximum Gasteiger partial charge on any atom is 0.181 e. The average molecular weight is 422 g/mol. The number of benzene rings is 1. The first kappa shape index (κ1) is 20.4. The molecule has 7 heteroatoms. The Kier molecular flexibility index (Phi) is 6.15. The van der Waals surface area contributed by atoms with E-state index < -0.39 is 0 Å². The molecule has 1 saturated heterocycles. The Morgan fingerprint density at radius 1 is 1.13 bits per heavy atom. The van der Waals surface area contributed by atoms with E-state index in [9.17, 15) is 0 Å². The molecule has 31 heavy (non-hydrogen) atoms. The molecule has 2 aliphatic rings. The molecular formula is C24H31N5O2. The second kappa shape index (κ2) is 9.34. The molecule has 0 unspecified atom stereocenters. The highest BCUT2D eigenvalue weighted by Crippen LogP contribution is 2.32. The zero-order valence-electron chi connectivity index (χ0n) is 18.2. The van der Waals surface area contributed by atoms with Crippen molar-refractivity contribution in [2.75, 3.05) is 33.4 Å². The molecule has 0 amide bonds. The van der Waals surface area contributed by atoms with E-state index in [1.807, 2.05) is 0 Å². The Balaban J connectivity index is 1.27. The molecule has 0 N–H and O–H groups in total. The highest BCUT2D eigenvalue weighted by Gasteiger charge is 2.31. The number of likely N-dealkylation sites (tertiary alicyclic amines) is 1. The maximum atomic E-state index is 5.30. The van der Waals surface area contributed by atoms with Gasteiger partial charge in [0.2, 0.25) is 0 Å². The minimum atomic E-state index is 0.632. The SMILES string of the molecule is COCCn1nc(-c2cocn2)c2c1CCN(C1CCN(Cc3ccccc3)CC1)C2. The number of hydrogen-bond donors (Lipinski definition) is 0. The molecule has 7 nitrogen and oxygen atoms in total. The van der Waals surface area contributed by atoms with Crippen LogP contribution in [-0.2, 0) is 30.8 Å². The van der Waals surface area contributed by atoms with Crippen molar-refractivity contribution in [3.8, 4) is 11.4 Å². The van der Waals surface area contributed by atoms with Crippen LogP contribution in [0.15, 0.2) is 47.4 Å². The molecule has 0 aliphatic carbocycles. The van der Waals surface area contributed by atoms with Crippen LogP contribution in [0.2, 0.25) is 0 Å². The van der Waals surface area contributed by atoms with Crippen LogP contribution in [0.5, 0.6) is 0 Å². The Bertz CT molecular complexity index is 962. The van der Waals surface area contributed by atoms with Gasteiger partial charge in [-0.15, -0.1) is 0 Å². The Morgan fingerprint density at radius 2 is 1.97 bits per heavy atom. The zero-order valence-corrected chi connectivity index (χ0v) is 18.2. The zero-order chi connectivity index (χ0) is 21.0. The van der Waals surface area contributed by atoms with E-state index in [1.54, 1.807) is 13.4 Å². The van der Waals surface area contributed by atoms with Crippen molar-refractivity contribution in [3.05, 3.63) is 59.8 Å². The molecule has 2 aromatic heterocycles. The summed E-state index contributed by atoms with van der Waals surface area (Å²) in [6.45, 7) is 6.84. The minimum Gasteiger partial charge on any atom is -0.451 e. The van der Waals surface area contributed by atoms with Crippen molar-refractivity contribution in [1.29, 1.82) is 0 Å². The maximum absolute atomic E-state index is 5.30. The van der Waals surface area contributed by atoms with E-state index >= 15 is 0 Å². The molecule has 0 atom stereocenters. The normalized spacial score (nSPS) is 18.4. The van der Waals surface area contributed by atoms with Crippen LogP contribution in [-0.4, -0.2) is 64.0 Å². The smallest absolute Gasteiger partial charge is 0.181 e. The number of hydrogen-bond acceptors (Lipinski definition) is 6. The molecule has 2 aliphatic heterocycles. The molecule has 0 radical (unpaired) electrons. The van der Waals surface area contributed by atoms with Crippen LogP contribution in [0.3, 0.4) is 0 Å². The number of oxazole rings is 1. The first-order valence-electron chi connectivity index (χ1n) is 11.3. The van der Waals surface area contributed by atoms with Gasteiger partial charge < -0.3 is 9.15 Å². The van der Waals surface area contributed by atoms with Gasteiger partial charge in [0.25, 0.3) is 0 Å². The van der Waals surface area contributed by atoms with Crippen molar-refractivity contribution >= 4 is 0 Å². The van der Waals surface area contributed by atoms with E-state index in [4.69, 9.17) is 14.3 Å². The quantitative estimate of drug-likeness (QED) is 0.584. The van der Waals surface area contributed by atoms with E-state index in [-0.39, 0.29) is 0 Å². The van der Waals surface area contributed by atoms with Crippen LogP contribution in [0, 0.1) is 0 Å². The van der Waals surface area contributed by atoms with Crippen LogP contribution in [0.25, 0.3) is 11.4 Å². The summed E-state index contributed by atoms with van der Waals surface area (Å²) in [4.78, 5) is 9.63. The van der Waals surface area contributed by atoms with Gasteiger partial charge in [-0.2, -0.15) is 5.10 Å². The topological polar surface area (TPSA) is 59.6 Å². The standard InChI is InChI=1S/C24H31N5O2/c1-30-14-13-29-23-9-12-28(16-21(23)24(26-29)22-17-31-18-25-22)20-7-10-27(11-8-20)15-19-5-3-2-4-6-19/h2-6,17-18,20H,7-16H2,1H3. The summed E-state index contributed by atoms with van der Waals surface area (Å²) in [6.07, 6.45) is 6.65. The molecule has 3 aromatic rings. The average Bonchev–Trinajstić information content (AvgIpc) is 3.47. The van der Waals surface area contributed by atoms with Gasteiger partial charge >= 0.3 is 0 Å². The lowest BCUT2D eigenvalue weighted by atomic mass is 9.97. The van der Waals surface area contributed by atoms with Crippen molar-refractivity contribution in [2.45, 2.75) is 44.9 Å². The van der Waals surface area contributed by atoms with E-state index in [2.05, 4.69) is 49.8 Å². The molecule has 1 fully saturated rings. The largest absolute Gasteiger partial charge is 0.451 e. The van der Waals surface area contributed by atoms with Crippen molar-refractivity contribution in [1.82, 2.24) is 24.6 Å². The summed E-state index contributed by atoms with van der Waals surface area (Å²) in [5, 5.41) is 4.89. The van der Waals surface area contributed by atoms with Gasteiger partial charge in [0, 0.05) is 50.5 Å². The highest BCUT2D eigenvalue weighted by atomic mass is 16.5. The van der Waals surface area contributed by atoms with Gasteiger partial charge in [0.1, 0.15) is 17.7 Å². The van der Waals surface area contributed by atoms with E-state index in [0.717, 1.165) is 57.1 Å². The molecule has 0 bridgehead atoms. The molecule has 164 valence electrons. The molecule has 1 aromatic carbocycles. The molecule has 5 rings (SSSR count). The number of fused-ring (bicyclic) bond motifs is 1. The fourth-order valence-corrected chi connectivity index (χ4v) is 5.01. The third kappa shape index (κ3) is 4.44. The van der Waals surface area contributed by atoms with Crippen molar-refractivity contribution in [3.63, 3.8) is 0 Å². The third-order valence-corrected chi connectivity index (χ3v) is 6.67. The Morgan fingerprint density at radius 3 is 2.71 bits per heavy atom. The summed E-state index contributed by atoms with van der Waals surface area (Å²) < 4.78 is 12.7. The van der Waals surface area contributed by atoms with Crippen LogP contribution in [0.4, 0.5) is 0 Å². The number of rotatable bonds is 7. The fraction of sp³-hybridized carbons (Fsp3) is 0.500.